The molecule has 0 radical (unpaired) electrons. The number of nitrogens with one attached hydrogen (secondary N) is 2. The molecular weight excluding hydrogens is 334 g/mol. The zero-order valence-corrected chi connectivity index (χ0v) is 14.3. The van der Waals surface area contributed by atoms with E-state index in [4.69, 9.17) is 10.8 Å². The molecule has 0 aliphatic carbocycles. The molecule has 0 heterocycles. The molecule has 10 nitrogen and oxygen atoms in total. The van der Waals surface area contributed by atoms with Gasteiger partial charge in [-0.2, -0.15) is 0 Å². The highest BCUT2D eigenvalue weighted by atomic mass is 16.4. The first-order chi connectivity index (χ1) is 11.4. The van der Waals surface area contributed by atoms with Crippen molar-refractivity contribution in [3.8, 4) is 0 Å². The number of rotatable bonds is 11. The predicted molar refractivity (Wildman–Crippen MR) is 85.4 cm³/mol. The highest BCUT2D eigenvalue weighted by Gasteiger charge is 2.26. The molecule has 3 unspecified atom stereocenters. The third-order valence-electron chi connectivity index (χ3n) is 3.27. The van der Waals surface area contributed by atoms with Gasteiger partial charge in [-0.3, -0.25) is 24.0 Å². The molecular formula is C15H23N3O7. The van der Waals surface area contributed by atoms with Crippen LogP contribution in [0.25, 0.3) is 0 Å². The van der Waals surface area contributed by atoms with Gasteiger partial charge in [-0.25, -0.2) is 4.79 Å². The number of hydrogen-bond donors (Lipinski definition) is 4. The topological polar surface area (TPSA) is 173 Å². The van der Waals surface area contributed by atoms with Crippen molar-refractivity contribution < 1.29 is 33.9 Å². The first kappa shape index (κ1) is 22.4. The van der Waals surface area contributed by atoms with E-state index < -0.39 is 66.1 Å². The highest BCUT2D eigenvalue weighted by molar-refractivity contribution is 5.95. The molecule has 0 aromatic carbocycles. The van der Waals surface area contributed by atoms with Crippen molar-refractivity contribution in [2.75, 3.05) is 0 Å². The smallest absolute Gasteiger partial charge is 0.326 e. The van der Waals surface area contributed by atoms with E-state index in [9.17, 15) is 28.8 Å². The molecule has 0 fully saturated rings. The van der Waals surface area contributed by atoms with Gasteiger partial charge in [0.05, 0.1) is 18.5 Å². The molecule has 0 aliphatic heterocycles. The van der Waals surface area contributed by atoms with Crippen molar-refractivity contribution in [1.29, 1.82) is 0 Å². The normalized spacial score (nSPS) is 13.9. The largest absolute Gasteiger partial charge is 0.480 e. The molecule has 5 N–H and O–H groups in total. The average Bonchev–Trinajstić information content (AvgIpc) is 2.44. The van der Waals surface area contributed by atoms with Crippen LogP contribution in [0.1, 0.15) is 40.0 Å². The number of aliphatic carboxylic acids is 1. The standard InChI is InChI=1S/C15H23N3O7/c1-7(19)4-12(15(24)25)18-14(23)6-11(9(3)21)17-13(22)5-10(16)8(2)20/h10-12H,4-6,16H2,1-3H3,(H,17,22)(H,18,23)(H,24,25). The molecule has 0 aliphatic rings. The molecule has 10 heteroatoms. The third-order valence-corrected chi connectivity index (χ3v) is 3.27. The van der Waals surface area contributed by atoms with Crippen molar-refractivity contribution in [3.05, 3.63) is 0 Å². The minimum absolute atomic E-state index is 0.344. The molecule has 2 amide bonds. The van der Waals surface area contributed by atoms with Gasteiger partial charge in [-0.1, -0.05) is 0 Å². The maximum absolute atomic E-state index is 11.9. The van der Waals surface area contributed by atoms with E-state index in [0.29, 0.717) is 0 Å². The van der Waals surface area contributed by atoms with Gasteiger partial charge in [-0.05, 0) is 20.8 Å². The van der Waals surface area contributed by atoms with E-state index in [0.717, 1.165) is 6.92 Å². The van der Waals surface area contributed by atoms with Crippen LogP contribution in [0.4, 0.5) is 0 Å². The Morgan fingerprint density at radius 1 is 0.800 bits per heavy atom. The van der Waals surface area contributed by atoms with Crippen molar-refractivity contribution in [2.45, 2.75) is 58.2 Å². The second-order valence-electron chi connectivity index (χ2n) is 5.72. The van der Waals surface area contributed by atoms with E-state index in [-0.39, 0.29) is 6.42 Å². The van der Waals surface area contributed by atoms with E-state index >= 15 is 0 Å². The lowest BCUT2D eigenvalue weighted by Crippen LogP contribution is -2.48. The molecule has 0 bridgehead atoms. The van der Waals surface area contributed by atoms with Gasteiger partial charge in [0.2, 0.25) is 11.8 Å². The summed E-state index contributed by atoms with van der Waals surface area (Å²) in [5, 5.41) is 13.4. The summed E-state index contributed by atoms with van der Waals surface area (Å²) >= 11 is 0. The molecule has 0 rings (SSSR count). The molecule has 0 aromatic heterocycles. The molecule has 0 saturated heterocycles. The van der Waals surface area contributed by atoms with E-state index in [2.05, 4.69) is 10.6 Å². The van der Waals surface area contributed by atoms with Gasteiger partial charge in [-0.15, -0.1) is 0 Å². The van der Waals surface area contributed by atoms with E-state index in [1.807, 2.05) is 0 Å². The Bertz CT molecular complexity index is 573. The molecule has 25 heavy (non-hydrogen) atoms. The monoisotopic (exact) mass is 357 g/mol. The summed E-state index contributed by atoms with van der Waals surface area (Å²) in [7, 11) is 0. The quantitative estimate of drug-likeness (QED) is 0.339. The van der Waals surface area contributed by atoms with Crippen LogP contribution in [0.3, 0.4) is 0 Å². The van der Waals surface area contributed by atoms with Crippen LogP contribution in [0.15, 0.2) is 0 Å². The summed E-state index contributed by atoms with van der Waals surface area (Å²) in [5.41, 5.74) is 5.44. The molecule has 0 aromatic rings. The first-order valence-electron chi connectivity index (χ1n) is 7.51. The summed E-state index contributed by atoms with van der Waals surface area (Å²) in [6.45, 7) is 3.54. The fourth-order valence-corrected chi connectivity index (χ4v) is 1.82. The summed E-state index contributed by atoms with van der Waals surface area (Å²) < 4.78 is 0. The van der Waals surface area contributed by atoms with E-state index in [1.165, 1.54) is 13.8 Å². The summed E-state index contributed by atoms with van der Waals surface area (Å²) in [6.07, 6.45) is -1.24. The third kappa shape index (κ3) is 9.30. The van der Waals surface area contributed by atoms with Crippen molar-refractivity contribution >= 4 is 35.1 Å². The van der Waals surface area contributed by atoms with Crippen molar-refractivity contribution in [3.63, 3.8) is 0 Å². The Kier molecular flexibility index (Phi) is 9.21. The zero-order valence-electron chi connectivity index (χ0n) is 14.3. The van der Waals surface area contributed by atoms with Crippen LogP contribution in [-0.4, -0.2) is 58.4 Å². The SMILES string of the molecule is CC(=O)CC(NC(=O)CC(NC(=O)CC(N)C(C)=O)C(C)=O)C(=O)O. The molecule has 0 spiro atoms. The molecule has 3 atom stereocenters. The number of carboxylic acids is 1. The van der Waals surface area contributed by atoms with Gasteiger partial charge in [0.15, 0.2) is 5.78 Å². The minimum atomic E-state index is -1.42. The van der Waals surface area contributed by atoms with Crippen LogP contribution in [-0.2, 0) is 28.8 Å². The number of hydrogen-bond acceptors (Lipinski definition) is 7. The number of Topliss-reactive ketones (excluding diaryl/α,β-unsaturated/α-hetero) is 3. The van der Waals surface area contributed by atoms with Gasteiger partial charge in [0.1, 0.15) is 17.6 Å². The summed E-state index contributed by atoms with van der Waals surface area (Å²) in [4.78, 5) is 68.3. The van der Waals surface area contributed by atoms with Gasteiger partial charge >= 0.3 is 5.97 Å². The van der Waals surface area contributed by atoms with Crippen molar-refractivity contribution in [1.82, 2.24) is 10.6 Å². The second kappa shape index (κ2) is 10.3. The van der Waals surface area contributed by atoms with Crippen LogP contribution in [0.5, 0.6) is 0 Å². The van der Waals surface area contributed by atoms with Crippen molar-refractivity contribution in [2.24, 2.45) is 5.73 Å². The number of nitrogens with two attached hydrogens (primary N) is 1. The Morgan fingerprint density at radius 3 is 1.68 bits per heavy atom. The number of ketones is 3. The number of carbonyl (C=O) groups is 6. The van der Waals surface area contributed by atoms with Gasteiger partial charge in [0, 0.05) is 12.8 Å². The Balaban J connectivity index is 4.79. The number of amides is 2. The lowest BCUT2D eigenvalue weighted by Gasteiger charge is -2.18. The fraction of sp³-hybridized carbons (Fsp3) is 0.600. The Morgan fingerprint density at radius 2 is 1.28 bits per heavy atom. The minimum Gasteiger partial charge on any atom is -0.480 e. The van der Waals surface area contributed by atoms with Gasteiger partial charge in [0.25, 0.3) is 0 Å². The summed E-state index contributed by atoms with van der Waals surface area (Å²) in [5.74, 6) is -4.25. The average molecular weight is 357 g/mol. The predicted octanol–water partition coefficient (Wildman–Crippen LogP) is -1.69. The molecule has 0 saturated carbocycles. The lowest BCUT2D eigenvalue weighted by molar-refractivity contribution is -0.143. The van der Waals surface area contributed by atoms with Crippen LogP contribution >= 0.6 is 0 Å². The second-order valence-corrected chi connectivity index (χ2v) is 5.72. The zero-order chi connectivity index (χ0) is 19.7. The summed E-state index contributed by atoms with van der Waals surface area (Å²) in [6, 6.07) is -3.63. The van der Waals surface area contributed by atoms with Crippen LogP contribution < -0.4 is 16.4 Å². The number of carbonyl (C=O) groups excluding carboxylic acids is 5. The van der Waals surface area contributed by atoms with E-state index in [1.54, 1.807) is 0 Å². The maximum atomic E-state index is 11.9. The van der Waals surface area contributed by atoms with Crippen LogP contribution in [0, 0.1) is 0 Å². The first-order valence-corrected chi connectivity index (χ1v) is 7.51. The van der Waals surface area contributed by atoms with Crippen LogP contribution in [0.2, 0.25) is 0 Å². The molecule has 140 valence electrons. The maximum Gasteiger partial charge on any atom is 0.326 e. The number of carboxylic acid groups (broad SMARTS) is 1. The Labute approximate surface area is 144 Å². The fourth-order valence-electron chi connectivity index (χ4n) is 1.82. The Hall–Kier alpha value is -2.62. The van der Waals surface area contributed by atoms with Gasteiger partial charge < -0.3 is 21.5 Å². The highest BCUT2D eigenvalue weighted by Crippen LogP contribution is 2.00. The lowest BCUT2D eigenvalue weighted by atomic mass is 10.1.